The summed E-state index contributed by atoms with van der Waals surface area (Å²) in [6.45, 7) is 4.64. The van der Waals surface area contributed by atoms with Gasteiger partial charge in [0, 0.05) is 11.2 Å². The number of hydrogen-bond acceptors (Lipinski definition) is 1. The molecule has 0 aliphatic heterocycles. The van der Waals surface area contributed by atoms with Crippen LogP contribution in [-0.4, -0.2) is 26.7 Å². The molecule has 3 atom stereocenters. The van der Waals surface area contributed by atoms with Crippen LogP contribution in [0.2, 0.25) is 0 Å². The molecule has 0 radical (unpaired) electrons. The molecular formula is C11H16Br2F4O2. The molecule has 0 saturated carbocycles. The van der Waals surface area contributed by atoms with E-state index in [0.29, 0.717) is 0 Å². The largest absolute Gasteiger partial charge is 0.481 e. The van der Waals surface area contributed by atoms with Crippen LogP contribution in [0.4, 0.5) is 17.6 Å². The Morgan fingerprint density at radius 3 is 1.95 bits per heavy atom. The summed E-state index contributed by atoms with van der Waals surface area (Å²) < 4.78 is 47.4. The summed E-state index contributed by atoms with van der Waals surface area (Å²) in [5, 5.41) is 9.07. The second-order valence-electron chi connectivity index (χ2n) is 4.99. The fourth-order valence-corrected chi connectivity index (χ4v) is 3.36. The van der Waals surface area contributed by atoms with Crippen molar-refractivity contribution in [1.82, 2.24) is 0 Å². The molecule has 3 unspecified atom stereocenters. The van der Waals surface area contributed by atoms with Crippen molar-refractivity contribution in [3.8, 4) is 0 Å². The Balaban J connectivity index is 5.10. The maximum absolute atomic E-state index is 13.6. The van der Waals surface area contributed by atoms with Crippen LogP contribution in [0.25, 0.3) is 0 Å². The predicted molar refractivity (Wildman–Crippen MR) is 71.4 cm³/mol. The van der Waals surface area contributed by atoms with E-state index in [1.54, 1.807) is 6.92 Å². The number of halogens is 6. The highest BCUT2D eigenvalue weighted by molar-refractivity contribution is 9.10. The lowest BCUT2D eigenvalue weighted by Crippen LogP contribution is -2.44. The molecule has 0 spiro atoms. The number of carbonyl (C=O) groups is 1. The van der Waals surface area contributed by atoms with E-state index >= 15 is 0 Å². The summed E-state index contributed by atoms with van der Waals surface area (Å²) >= 11 is 5.04. The Morgan fingerprint density at radius 2 is 1.68 bits per heavy atom. The van der Waals surface area contributed by atoms with Gasteiger partial charge in [-0.25, -0.2) is 4.39 Å². The van der Waals surface area contributed by atoms with Crippen molar-refractivity contribution >= 4 is 37.8 Å². The Bertz CT molecular complexity index is 329. The molecule has 0 saturated heterocycles. The fraction of sp³-hybridized carbons (Fsp3) is 0.909. The topological polar surface area (TPSA) is 37.3 Å². The molecule has 2 nitrogen and oxygen atoms in total. The van der Waals surface area contributed by atoms with Crippen molar-refractivity contribution in [2.45, 2.75) is 49.2 Å². The molecule has 1 N–H and O–H groups in total. The third-order valence-electron chi connectivity index (χ3n) is 3.26. The summed E-state index contributed by atoms with van der Waals surface area (Å²) in [4.78, 5) is 10.1. The Labute approximate surface area is 126 Å². The molecule has 8 heteroatoms. The van der Waals surface area contributed by atoms with Crippen LogP contribution in [0, 0.1) is 11.3 Å². The maximum atomic E-state index is 13.6. The average Bonchev–Trinajstić information content (AvgIpc) is 2.14. The van der Waals surface area contributed by atoms with Gasteiger partial charge < -0.3 is 5.11 Å². The minimum atomic E-state index is -5.06. The maximum Gasteiger partial charge on any atom is 0.432 e. The van der Waals surface area contributed by atoms with Crippen LogP contribution >= 0.6 is 31.9 Å². The van der Waals surface area contributed by atoms with Crippen molar-refractivity contribution < 1.29 is 27.5 Å². The van der Waals surface area contributed by atoms with E-state index in [1.807, 2.05) is 15.9 Å². The SMILES string of the molecule is CCC(C(=O)O)C(C)(C)C(Br)CC(F)(Br)C(F)(F)F. The predicted octanol–water partition coefficient (Wildman–Crippen LogP) is 4.90. The molecule has 0 heterocycles. The molecule has 0 fully saturated rings. The van der Waals surface area contributed by atoms with Crippen molar-refractivity contribution in [1.29, 1.82) is 0 Å². The lowest BCUT2D eigenvalue weighted by molar-refractivity contribution is -0.194. The van der Waals surface area contributed by atoms with Crippen molar-refractivity contribution in [3.05, 3.63) is 0 Å². The molecule has 0 aromatic carbocycles. The van der Waals surface area contributed by atoms with Crippen LogP contribution < -0.4 is 0 Å². The van der Waals surface area contributed by atoms with E-state index in [9.17, 15) is 22.4 Å². The van der Waals surface area contributed by atoms with Crippen LogP contribution in [0.5, 0.6) is 0 Å². The van der Waals surface area contributed by atoms with E-state index < -0.39 is 39.3 Å². The first-order valence-corrected chi connectivity index (χ1v) is 7.29. The minimum absolute atomic E-state index is 0.248. The highest BCUT2D eigenvalue weighted by Crippen LogP contribution is 2.48. The summed E-state index contributed by atoms with van der Waals surface area (Å²) in [7, 11) is 0. The first-order chi connectivity index (χ1) is 8.27. The molecule has 0 rings (SSSR count). The molecule has 0 aromatic rings. The molecule has 114 valence electrons. The van der Waals surface area contributed by atoms with E-state index in [2.05, 4.69) is 15.9 Å². The van der Waals surface area contributed by atoms with Gasteiger partial charge in [-0.2, -0.15) is 13.2 Å². The van der Waals surface area contributed by atoms with Gasteiger partial charge in [-0.3, -0.25) is 4.79 Å². The Kier molecular flexibility index (Phi) is 6.33. The molecular weight excluding hydrogens is 400 g/mol. The Morgan fingerprint density at radius 1 is 1.26 bits per heavy atom. The minimum Gasteiger partial charge on any atom is -0.481 e. The van der Waals surface area contributed by atoms with Gasteiger partial charge in [-0.15, -0.1) is 0 Å². The van der Waals surface area contributed by atoms with Gasteiger partial charge in [0.05, 0.1) is 5.92 Å². The lowest BCUT2D eigenvalue weighted by atomic mass is 9.73. The first kappa shape index (κ1) is 19.1. The second-order valence-corrected chi connectivity index (χ2v) is 7.36. The number of aliphatic carboxylic acids is 1. The number of alkyl halides is 6. The van der Waals surface area contributed by atoms with Crippen LogP contribution in [-0.2, 0) is 4.79 Å². The van der Waals surface area contributed by atoms with Gasteiger partial charge >= 0.3 is 12.1 Å². The first-order valence-electron chi connectivity index (χ1n) is 5.58. The second kappa shape index (κ2) is 6.28. The number of carboxylic acids is 1. The molecule has 19 heavy (non-hydrogen) atoms. The summed E-state index contributed by atoms with van der Waals surface area (Å²) in [5.74, 6) is -1.98. The number of rotatable bonds is 6. The summed E-state index contributed by atoms with van der Waals surface area (Å²) in [6.07, 6.45) is -5.72. The van der Waals surface area contributed by atoms with Gasteiger partial charge in [0.25, 0.3) is 4.58 Å². The average molecular weight is 416 g/mol. The normalized spacial score (nSPS) is 19.6. The third-order valence-corrected chi connectivity index (χ3v) is 5.54. The fourth-order valence-electron chi connectivity index (χ4n) is 1.84. The monoisotopic (exact) mass is 414 g/mol. The number of carboxylic acid groups (broad SMARTS) is 1. The standard InChI is InChI=1S/C11H16Br2F4O2/c1-4-6(8(18)19)9(2,3)7(12)5-10(13,14)11(15,16)17/h6-7H,4-5H2,1-3H3,(H,18,19). The highest BCUT2D eigenvalue weighted by atomic mass is 79.9. The zero-order chi connectivity index (χ0) is 15.6. The quantitative estimate of drug-likeness (QED) is 0.494. The molecule has 0 aliphatic carbocycles. The van der Waals surface area contributed by atoms with Gasteiger partial charge in [0.1, 0.15) is 0 Å². The molecule has 0 aromatic heterocycles. The van der Waals surface area contributed by atoms with Crippen LogP contribution in [0.15, 0.2) is 0 Å². The van der Waals surface area contributed by atoms with Gasteiger partial charge in [-0.1, -0.05) is 36.7 Å². The van der Waals surface area contributed by atoms with Crippen molar-refractivity contribution in [3.63, 3.8) is 0 Å². The van der Waals surface area contributed by atoms with E-state index in [4.69, 9.17) is 5.11 Å². The van der Waals surface area contributed by atoms with Crippen LogP contribution in [0.1, 0.15) is 33.6 Å². The van der Waals surface area contributed by atoms with E-state index in [0.717, 1.165) is 0 Å². The van der Waals surface area contributed by atoms with Crippen molar-refractivity contribution in [2.24, 2.45) is 11.3 Å². The summed E-state index contributed by atoms with van der Waals surface area (Å²) in [5.41, 5.74) is -1.03. The van der Waals surface area contributed by atoms with Crippen molar-refractivity contribution in [2.75, 3.05) is 0 Å². The van der Waals surface area contributed by atoms with Gasteiger partial charge in [0.15, 0.2) is 0 Å². The highest BCUT2D eigenvalue weighted by Gasteiger charge is 2.56. The third kappa shape index (κ3) is 4.58. The van der Waals surface area contributed by atoms with Gasteiger partial charge in [0.2, 0.25) is 0 Å². The zero-order valence-electron chi connectivity index (χ0n) is 10.7. The molecule has 0 amide bonds. The molecule has 0 aliphatic rings. The van der Waals surface area contributed by atoms with E-state index in [1.165, 1.54) is 13.8 Å². The van der Waals surface area contributed by atoms with Gasteiger partial charge in [-0.05, 0) is 27.8 Å². The van der Waals surface area contributed by atoms with E-state index in [-0.39, 0.29) is 6.42 Å². The number of hydrogen-bond donors (Lipinski definition) is 1. The smallest absolute Gasteiger partial charge is 0.432 e. The molecule has 0 bridgehead atoms. The van der Waals surface area contributed by atoms with Crippen LogP contribution in [0.3, 0.4) is 0 Å². The summed E-state index contributed by atoms with van der Waals surface area (Å²) in [6, 6.07) is 0. The Hall–Kier alpha value is 0.150. The zero-order valence-corrected chi connectivity index (χ0v) is 13.9. The lowest BCUT2D eigenvalue weighted by Gasteiger charge is -2.38.